The highest BCUT2D eigenvalue weighted by atomic mass is 32.2. The number of carbonyl (C=O) groups is 2. The molecule has 2 amide bonds. The van der Waals surface area contributed by atoms with Gasteiger partial charge in [0.2, 0.25) is 21.8 Å². The van der Waals surface area contributed by atoms with E-state index in [0.717, 1.165) is 43.9 Å². The molecule has 0 unspecified atom stereocenters. The largest absolute Gasteiger partial charge is 0.352 e. The van der Waals surface area contributed by atoms with Crippen molar-refractivity contribution in [1.82, 2.24) is 10.2 Å². The zero-order valence-corrected chi connectivity index (χ0v) is 24.9. The van der Waals surface area contributed by atoms with Crippen LogP contribution in [0.25, 0.3) is 0 Å². The minimum absolute atomic E-state index is 0.00466. The monoisotopic (exact) mass is 593 g/mol. The van der Waals surface area contributed by atoms with Crippen molar-refractivity contribution in [2.45, 2.75) is 70.0 Å². The van der Waals surface area contributed by atoms with E-state index < -0.39 is 21.9 Å². The molecule has 1 N–H and O–H groups in total. The van der Waals surface area contributed by atoms with Crippen LogP contribution in [-0.4, -0.2) is 50.0 Å². The Hall–Kier alpha value is -3.72. The molecule has 4 rings (SSSR count). The minimum atomic E-state index is -3.58. The van der Waals surface area contributed by atoms with Crippen molar-refractivity contribution in [3.8, 4) is 0 Å². The second-order valence-electron chi connectivity index (χ2n) is 10.9. The number of nitrogens with one attached hydrogen (secondary N) is 1. The van der Waals surface area contributed by atoms with Crippen molar-refractivity contribution < 1.29 is 22.4 Å². The molecule has 1 atom stereocenters. The summed E-state index contributed by atoms with van der Waals surface area (Å²) >= 11 is 0. The zero-order chi connectivity index (χ0) is 30.0. The van der Waals surface area contributed by atoms with E-state index in [1.807, 2.05) is 30.3 Å². The second-order valence-corrected chi connectivity index (χ2v) is 12.8. The van der Waals surface area contributed by atoms with Gasteiger partial charge in [0.25, 0.3) is 0 Å². The van der Waals surface area contributed by atoms with Gasteiger partial charge in [-0.1, -0.05) is 86.0 Å². The molecule has 1 aliphatic carbocycles. The Labute approximate surface area is 248 Å². The summed E-state index contributed by atoms with van der Waals surface area (Å²) in [7, 11) is -3.58. The van der Waals surface area contributed by atoms with Crippen LogP contribution in [0.5, 0.6) is 0 Å². The van der Waals surface area contributed by atoms with Crippen molar-refractivity contribution >= 4 is 27.5 Å². The van der Waals surface area contributed by atoms with Crippen LogP contribution in [-0.2, 0) is 32.6 Å². The number of para-hydroxylation sites is 1. The Morgan fingerprint density at radius 1 is 0.905 bits per heavy atom. The fourth-order valence-electron chi connectivity index (χ4n) is 5.51. The summed E-state index contributed by atoms with van der Waals surface area (Å²) < 4.78 is 41.2. The fraction of sp³-hybridized carbons (Fsp3) is 0.394. The third kappa shape index (κ3) is 8.89. The first kappa shape index (κ1) is 31.2. The zero-order valence-electron chi connectivity index (χ0n) is 24.1. The van der Waals surface area contributed by atoms with Gasteiger partial charge >= 0.3 is 0 Å². The Morgan fingerprint density at radius 2 is 1.52 bits per heavy atom. The summed E-state index contributed by atoms with van der Waals surface area (Å²) in [6, 6.07) is 23.7. The van der Waals surface area contributed by atoms with Crippen LogP contribution in [0.4, 0.5) is 10.1 Å². The van der Waals surface area contributed by atoms with Crippen molar-refractivity contribution in [1.29, 1.82) is 0 Å². The smallest absolute Gasteiger partial charge is 0.243 e. The minimum Gasteiger partial charge on any atom is -0.352 e. The molecule has 0 aromatic heterocycles. The topological polar surface area (TPSA) is 86.8 Å². The normalized spacial score (nSPS) is 14.6. The third-order valence-corrected chi connectivity index (χ3v) is 8.91. The van der Waals surface area contributed by atoms with Crippen LogP contribution >= 0.6 is 0 Å². The predicted molar refractivity (Wildman–Crippen MR) is 164 cm³/mol. The van der Waals surface area contributed by atoms with Gasteiger partial charge in [-0.15, -0.1) is 0 Å². The molecule has 0 saturated heterocycles. The molecule has 42 heavy (non-hydrogen) atoms. The first-order chi connectivity index (χ1) is 20.2. The highest BCUT2D eigenvalue weighted by Gasteiger charge is 2.32. The lowest BCUT2D eigenvalue weighted by atomic mass is 9.94. The number of halogens is 1. The maximum atomic E-state index is 14.8. The first-order valence-electron chi connectivity index (χ1n) is 14.6. The van der Waals surface area contributed by atoms with E-state index in [1.165, 1.54) is 15.3 Å². The van der Waals surface area contributed by atoms with Gasteiger partial charge in [-0.05, 0) is 43.0 Å². The molecule has 0 bridgehead atoms. The number of sulfonamides is 1. The molecule has 0 radical (unpaired) electrons. The standard InChI is InChI=1S/C33H40FN3O4S/c1-42(40,41)37(29-19-9-4-10-20-29)23-13-22-32(38)36(25-27-16-11-12-21-30(27)34)31(24-26-14-5-2-6-15-26)33(39)35-28-17-7-3-8-18-28/h2,4-6,9-12,14-16,19-21,28,31H,3,7-8,13,17-18,22-25H2,1H3,(H,35,39)/t31-/m0/s1. The summed E-state index contributed by atoms with van der Waals surface area (Å²) in [6.45, 7) is 0.0231. The third-order valence-electron chi connectivity index (χ3n) is 7.72. The van der Waals surface area contributed by atoms with Gasteiger partial charge in [0.1, 0.15) is 11.9 Å². The van der Waals surface area contributed by atoms with Crippen LogP contribution in [0.15, 0.2) is 84.9 Å². The number of hydrogen-bond donors (Lipinski definition) is 1. The number of rotatable bonds is 13. The van der Waals surface area contributed by atoms with E-state index in [9.17, 15) is 22.4 Å². The molecule has 0 aliphatic heterocycles. The lowest BCUT2D eigenvalue weighted by molar-refractivity contribution is -0.141. The maximum absolute atomic E-state index is 14.8. The molecule has 224 valence electrons. The van der Waals surface area contributed by atoms with E-state index in [1.54, 1.807) is 48.5 Å². The predicted octanol–water partition coefficient (Wildman–Crippen LogP) is 5.46. The fourth-order valence-corrected chi connectivity index (χ4v) is 6.47. The molecule has 0 heterocycles. The van der Waals surface area contributed by atoms with Gasteiger partial charge in [0, 0.05) is 37.5 Å². The van der Waals surface area contributed by atoms with Crippen LogP contribution in [0.2, 0.25) is 0 Å². The molecule has 3 aromatic rings. The van der Waals surface area contributed by atoms with Crippen LogP contribution in [0, 0.1) is 5.82 Å². The van der Waals surface area contributed by atoms with E-state index in [4.69, 9.17) is 0 Å². The summed E-state index contributed by atoms with van der Waals surface area (Å²) in [6.07, 6.45) is 6.67. The molecule has 9 heteroatoms. The number of carbonyl (C=O) groups excluding carboxylic acids is 2. The van der Waals surface area contributed by atoms with Crippen molar-refractivity contribution in [2.24, 2.45) is 0 Å². The van der Waals surface area contributed by atoms with Gasteiger partial charge < -0.3 is 10.2 Å². The molecular formula is C33H40FN3O4S. The molecule has 0 spiro atoms. The van der Waals surface area contributed by atoms with Crippen LogP contribution < -0.4 is 9.62 Å². The summed E-state index contributed by atoms with van der Waals surface area (Å²) in [5.74, 6) is -1.04. The van der Waals surface area contributed by atoms with Gasteiger partial charge in [0.15, 0.2) is 0 Å². The summed E-state index contributed by atoms with van der Waals surface area (Å²) in [5.41, 5.74) is 1.72. The summed E-state index contributed by atoms with van der Waals surface area (Å²) in [4.78, 5) is 29.2. The molecule has 1 fully saturated rings. The van der Waals surface area contributed by atoms with Gasteiger partial charge in [-0.2, -0.15) is 0 Å². The number of hydrogen-bond acceptors (Lipinski definition) is 4. The average molecular weight is 594 g/mol. The van der Waals surface area contributed by atoms with Gasteiger partial charge in [-0.25, -0.2) is 12.8 Å². The average Bonchev–Trinajstić information content (AvgIpc) is 2.98. The molecule has 1 aliphatic rings. The number of nitrogens with zero attached hydrogens (tertiary/aromatic N) is 2. The Morgan fingerprint density at radius 3 is 2.17 bits per heavy atom. The number of amides is 2. The van der Waals surface area contributed by atoms with Gasteiger partial charge in [-0.3, -0.25) is 13.9 Å². The van der Waals surface area contributed by atoms with Gasteiger partial charge in [0.05, 0.1) is 11.9 Å². The first-order valence-corrected chi connectivity index (χ1v) is 16.5. The molecular weight excluding hydrogens is 553 g/mol. The molecule has 3 aromatic carbocycles. The Balaban J connectivity index is 1.59. The van der Waals surface area contributed by atoms with E-state index in [0.29, 0.717) is 11.3 Å². The quantitative estimate of drug-likeness (QED) is 0.285. The van der Waals surface area contributed by atoms with Crippen LogP contribution in [0.3, 0.4) is 0 Å². The molecule has 1 saturated carbocycles. The van der Waals surface area contributed by atoms with Crippen molar-refractivity contribution in [3.63, 3.8) is 0 Å². The maximum Gasteiger partial charge on any atom is 0.243 e. The Bertz CT molecular complexity index is 1410. The molecule has 7 nitrogen and oxygen atoms in total. The van der Waals surface area contributed by atoms with E-state index in [-0.39, 0.29) is 50.2 Å². The highest BCUT2D eigenvalue weighted by molar-refractivity contribution is 7.92. The highest BCUT2D eigenvalue weighted by Crippen LogP contribution is 2.22. The van der Waals surface area contributed by atoms with Crippen molar-refractivity contribution in [3.05, 3.63) is 102 Å². The van der Waals surface area contributed by atoms with E-state index >= 15 is 0 Å². The number of anilines is 1. The lowest BCUT2D eigenvalue weighted by Crippen LogP contribution is -2.53. The Kier molecular flexibility index (Phi) is 11.1. The van der Waals surface area contributed by atoms with E-state index in [2.05, 4.69) is 5.32 Å². The van der Waals surface area contributed by atoms with Crippen molar-refractivity contribution in [2.75, 3.05) is 17.1 Å². The lowest BCUT2D eigenvalue weighted by Gasteiger charge is -2.34. The number of benzene rings is 3. The SMILES string of the molecule is CS(=O)(=O)N(CCCC(=O)N(Cc1ccccc1F)[C@@H](Cc1ccccc1)C(=O)NC1CCCCC1)c1ccccc1. The second kappa shape index (κ2) is 15.0. The summed E-state index contributed by atoms with van der Waals surface area (Å²) in [5, 5.41) is 3.18. The van der Waals surface area contributed by atoms with Crippen LogP contribution in [0.1, 0.15) is 56.1 Å².